The molecule has 0 aliphatic carbocycles. The van der Waals surface area contributed by atoms with Gasteiger partial charge in [0.2, 0.25) is 6.34 Å². The number of nitrogens with two attached hydrogens (primary N) is 1. The van der Waals surface area contributed by atoms with E-state index in [2.05, 4.69) is 4.76 Å². The molecule has 0 spiro atoms. The zero-order valence-corrected chi connectivity index (χ0v) is 5.09. The minimum absolute atomic E-state index is 0. The van der Waals surface area contributed by atoms with Crippen molar-refractivity contribution in [1.82, 2.24) is 0 Å². The van der Waals surface area contributed by atoms with Gasteiger partial charge in [-0.05, 0) is 0 Å². The van der Waals surface area contributed by atoms with Crippen LogP contribution in [0.5, 0.6) is 0 Å². The molecule has 0 aromatic heterocycles. The SMILES string of the molecule is NC=[NH+]P=O.[Cr]. The van der Waals surface area contributed by atoms with Gasteiger partial charge < -0.3 is 0 Å². The third-order valence-corrected chi connectivity index (χ3v) is 0.382. The Bertz CT molecular complexity index is 55.5. The summed E-state index contributed by atoms with van der Waals surface area (Å²) in [6.07, 6.45) is 1.11. The molecule has 0 heterocycles. The molecule has 0 aromatic carbocycles. The average Bonchev–Trinajstić information content (AvgIpc) is 1.41. The van der Waals surface area contributed by atoms with Gasteiger partial charge in [0.25, 0.3) is 0 Å². The summed E-state index contributed by atoms with van der Waals surface area (Å²) < 4.78 is 11.5. The molecule has 0 amide bonds. The molecule has 0 aromatic rings. The zero-order chi connectivity index (χ0) is 4.12. The minimum atomic E-state index is -0.151. The molecule has 0 aliphatic heterocycles. The van der Waals surface area contributed by atoms with E-state index in [-0.39, 0.29) is 26.0 Å². The standard InChI is InChI=1S/CH3N2OP.Cr/c2-1-3-5-4;/h1H,(H2,2,3,4);/p+1. The van der Waals surface area contributed by atoms with E-state index in [4.69, 9.17) is 5.73 Å². The average molecular weight is 143 g/mol. The van der Waals surface area contributed by atoms with Crippen LogP contribution in [-0.2, 0) is 21.9 Å². The Morgan fingerprint density at radius 1 is 1.83 bits per heavy atom. The van der Waals surface area contributed by atoms with Crippen molar-refractivity contribution >= 4 is 14.9 Å². The molecule has 0 atom stereocenters. The summed E-state index contributed by atoms with van der Waals surface area (Å²) >= 11 is 0. The smallest absolute Gasteiger partial charge is 0.293 e. The van der Waals surface area contributed by atoms with Crippen LogP contribution in [0.3, 0.4) is 0 Å². The summed E-state index contributed by atoms with van der Waals surface area (Å²) in [5, 5.41) is 0. The van der Waals surface area contributed by atoms with Gasteiger partial charge in [-0.3, -0.25) is 5.73 Å². The van der Waals surface area contributed by atoms with E-state index in [1.165, 1.54) is 0 Å². The topological polar surface area (TPSA) is 57.1 Å². The molecule has 0 aliphatic rings. The first-order valence-electron chi connectivity index (χ1n) is 1.03. The number of hydrogen-bond acceptors (Lipinski definition) is 1. The van der Waals surface area contributed by atoms with E-state index in [1.807, 2.05) is 0 Å². The van der Waals surface area contributed by atoms with E-state index >= 15 is 0 Å². The Kier molecular flexibility index (Phi) is 14.0. The summed E-state index contributed by atoms with van der Waals surface area (Å²) in [7, 11) is -0.151. The summed E-state index contributed by atoms with van der Waals surface area (Å²) in [4.78, 5) is 0. The van der Waals surface area contributed by atoms with Crippen LogP contribution in [0.1, 0.15) is 0 Å². The molecular formula is CH4CrN2OP+. The van der Waals surface area contributed by atoms with Gasteiger partial charge in [0.05, 0.1) is 0 Å². The largest absolute Gasteiger partial charge is 0.394 e. The van der Waals surface area contributed by atoms with Gasteiger partial charge in [0.15, 0.2) is 0 Å². The molecule has 3 nitrogen and oxygen atoms in total. The van der Waals surface area contributed by atoms with E-state index < -0.39 is 0 Å². The van der Waals surface area contributed by atoms with Gasteiger partial charge >= 0.3 is 8.61 Å². The van der Waals surface area contributed by atoms with Crippen molar-refractivity contribution < 1.29 is 26.7 Å². The molecule has 0 unspecified atom stereocenters. The summed E-state index contributed by atoms with van der Waals surface area (Å²) in [6.45, 7) is 0. The van der Waals surface area contributed by atoms with Gasteiger partial charge in [-0.25, -0.2) is 4.57 Å². The third kappa shape index (κ3) is 8.93. The molecule has 5 heteroatoms. The van der Waals surface area contributed by atoms with Crippen LogP contribution in [0, 0.1) is 0 Å². The van der Waals surface area contributed by atoms with Crippen LogP contribution in [-0.4, -0.2) is 6.34 Å². The molecule has 0 radical (unpaired) electrons. The molecule has 6 heavy (non-hydrogen) atoms. The van der Waals surface area contributed by atoms with Gasteiger partial charge in [0, 0.05) is 17.4 Å². The van der Waals surface area contributed by atoms with Crippen molar-refractivity contribution in [1.29, 1.82) is 0 Å². The van der Waals surface area contributed by atoms with E-state index in [0.717, 1.165) is 6.34 Å². The Balaban J connectivity index is 0. The summed E-state index contributed by atoms with van der Waals surface area (Å²) in [5.74, 6) is 0. The molecule has 0 saturated carbocycles. The van der Waals surface area contributed by atoms with Crippen LogP contribution in [0.2, 0.25) is 0 Å². The van der Waals surface area contributed by atoms with Crippen molar-refractivity contribution in [2.45, 2.75) is 0 Å². The van der Waals surface area contributed by atoms with Crippen LogP contribution in [0.25, 0.3) is 0 Å². The second-order valence-electron chi connectivity index (χ2n) is 0.387. The number of rotatable bonds is 1. The fraction of sp³-hybridized carbons (Fsp3) is 0. The molecule has 0 saturated heterocycles. The van der Waals surface area contributed by atoms with Crippen LogP contribution in [0.4, 0.5) is 0 Å². The monoisotopic (exact) mass is 143 g/mol. The maximum Gasteiger partial charge on any atom is 0.394 e. The summed E-state index contributed by atoms with van der Waals surface area (Å²) in [6, 6.07) is 0. The Morgan fingerprint density at radius 3 is 2.33 bits per heavy atom. The van der Waals surface area contributed by atoms with E-state index in [1.54, 1.807) is 0 Å². The Morgan fingerprint density at radius 2 is 2.33 bits per heavy atom. The van der Waals surface area contributed by atoms with Crippen LogP contribution in [0.15, 0.2) is 0 Å². The molecule has 0 bridgehead atoms. The Labute approximate surface area is 48.0 Å². The van der Waals surface area contributed by atoms with Gasteiger partial charge in [-0.2, -0.15) is 4.76 Å². The maximum atomic E-state index is 9.28. The second-order valence-corrected chi connectivity index (χ2v) is 0.828. The molecule has 3 N–H and O–H groups in total. The second kappa shape index (κ2) is 8.92. The number of nitrogens with one attached hydrogen (secondary N) is 1. The van der Waals surface area contributed by atoms with E-state index in [9.17, 15) is 4.57 Å². The predicted molar refractivity (Wildman–Crippen MR) is 18.8 cm³/mol. The Hall–Kier alpha value is 0.102. The number of hydrogen-bond donors (Lipinski definition) is 2. The van der Waals surface area contributed by atoms with Crippen molar-refractivity contribution in [3.05, 3.63) is 0 Å². The molecule has 34 valence electrons. The van der Waals surface area contributed by atoms with Crippen molar-refractivity contribution in [2.24, 2.45) is 5.73 Å². The fourth-order valence-electron chi connectivity index (χ4n) is 0.0304. The van der Waals surface area contributed by atoms with Gasteiger partial charge in [0.1, 0.15) is 0 Å². The predicted octanol–water partition coefficient (Wildman–Crippen LogP) is -1.74. The van der Waals surface area contributed by atoms with Crippen molar-refractivity contribution in [2.75, 3.05) is 0 Å². The summed E-state index contributed by atoms with van der Waals surface area (Å²) in [5.41, 5.74) is 4.70. The normalized spacial score (nSPS) is 8.67. The van der Waals surface area contributed by atoms with Crippen LogP contribution < -0.4 is 10.5 Å². The zero-order valence-electron chi connectivity index (χ0n) is 2.92. The molecule has 0 rings (SSSR count). The van der Waals surface area contributed by atoms with Gasteiger partial charge in [-0.15, -0.1) is 0 Å². The molecular weight excluding hydrogens is 139 g/mol. The van der Waals surface area contributed by atoms with Gasteiger partial charge in [-0.1, -0.05) is 0 Å². The quantitative estimate of drug-likeness (QED) is 0.260. The third-order valence-electron chi connectivity index (χ3n) is 0.127. The van der Waals surface area contributed by atoms with E-state index in [0.29, 0.717) is 0 Å². The first-order chi connectivity index (χ1) is 2.41. The first-order valence-corrected chi connectivity index (χ1v) is 1.84. The first kappa shape index (κ1) is 9.44. The van der Waals surface area contributed by atoms with Crippen molar-refractivity contribution in [3.8, 4) is 0 Å². The van der Waals surface area contributed by atoms with Crippen LogP contribution >= 0.6 is 8.61 Å². The minimum Gasteiger partial charge on any atom is -0.293 e. The fourth-order valence-corrected chi connectivity index (χ4v) is 0.0913. The van der Waals surface area contributed by atoms with Crippen molar-refractivity contribution in [3.63, 3.8) is 0 Å². The maximum absolute atomic E-state index is 9.28. The molecule has 0 fully saturated rings.